The minimum Gasteiger partial charge on any atom is -0.465 e. The van der Waals surface area contributed by atoms with Crippen molar-refractivity contribution in [3.8, 4) is 11.5 Å². The van der Waals surface area contributed by atoms with E-state index < -0.39 is 16.0 Å². The number of aryl methyl sites for hydroxylation is 1. The summed E-state index contributed by atoms with van der Waals surface area (Å²) in [6.45, 7) is 3.66. The fourth-order valence-corrected chi connectivity index (χ4v) is 4.98. The molecule has 164 valence electrons. The number of sulfonamides is 1. The van der Waals surface area contributed by atoms with E-state index in [1.807, 2.05) is 30.3 Å². The first kappa shape index (κ1) is 21.6. The number of benzene rings is 3. The summed E-state index contributed by atoms with van der Waals surface area (Å²) in [7, 11) is -2.67. The summed E-state index contributed by atoms with van der Waals surface area (Å²) in [4.78, 5) is 16.6. The van der Waals surface area contributed by atoms with Crippen LogP contribution in [0.2, 0.25) is 0 Å². The number of ether oxygens (including phenoxy) is 1. The van der Waals surface area contributed by atoms with Crippen molar-refractivity contribution in [2.45, 2.75) is 18.7 Å². The summed E-state index contributed by atoms with van der Waals surface area (Å²) < 4.78 is 38.7. The van der Waals surface area contributed by atoms with Crippen LogP contribution in [-0.4, -0.2) is 33.0 Å². The number of hydrogen-bond donors (Lipinski definition) is 0. The lowest BCUT2D eigenvalue weighted by molar-refractivity contribution is 0.0599. The van der Waals surface area contributed by atoms with E-state index in [1.54, 1.807) is 38.1 Å². The molecule has 0 unspecified atom stereocenters. The molecule has 4 rings (SSSR count). The van der Waals surface area contributed by atoms with Gasteiger partial charge in [-0.15, -0.1) is 0 Å². The van der Waals surface area contributed by atoms with Gasteiger partial charge in [0.25, 0.3) is 10.0 Å². The Bertz CT molecular complexity index is 1390. The van der Waals surface area contributed by atoms with Crippen LogP contribution < -0.4 is 4.31 Å². The number of rotatable bonds is 6. The van der Waals surface area contributed by atoms with E-state index in [-0.39, 0.29) is 17.0 Å². The quantitative estimate of drug-likeness (QED) is 0.392. The molecule has 0 spiro atoms. The predicted molar refractivity (Wildman–Crippen MR) is 122 cm³/mol. The van der Waals surface area contributed by atoms with E-state index in [9.17, 15) is 13.2 Å². The maximum absolute atomic E-state index is 13.4. The molecule has 0 saturated heterocycles. The first-order chi connectivity index (χ1) is 15.3. The standard InChI is InChI=1S/C24H22N2O5S/c1-4-26(32(28,29)19-12-10-16(2)20(15-19)24(27)30-3)18-11-13-22-21(14-18)25-23(31-22)17-8-6-5-7-9-17/h5-15H,4H2,1-3H3. The molecule has 0 aliphatic carbocycles. The van der Waals surface area contributed by atoms with Crippen molar-refractivity contribution < 1.29 is 22.4 Å². The van der Waals surface area contributed by atoms with E-state index in [4.69, 9.17) is 9.15 Å². The Morgan fingerprint density at radius 1 is 1.06 bits per heavy atom. The van der Waals surface area contributed by atoms with E-state index in [0.29, 0.717) is 28.2 Å². The van der Waals surface area contributed by atoms with Crippen molar-refractivity contribution in [3.05, 3.63) is 77.9 Å². The first-order valence-electron chi connectivity index (χ1n) is 10.0. The number of oxazole rings is 1. The smallest absolute Gasteiger partial charge is 0.338 e. The molecule has 3 aromatic carbocycles. The highest BCUT2D eigenvalue weighted by atomic mass is 32.2. The molecule has 1 heterocycles. The van der Waals surface area contributed by atoms with Gasteiger partial charge in [-0.1, -0.05) is 24.3 Å². The lowest BCUT2D eigenvalue weighted by Crippen LogP contribution is -2.31. The number of aromatic nitrogens is 1. The van der Waals surface area contributed by atoms with Gasteiger partial charge < -0.3 is 9.15 Å². The third kappa shape index (κ3) is 3.85. The van der Waals surface area contributed by atoms with Gasteiger partial charge in [-0.3, -0.25) is 4.31 Å². The zero-order valence-corrected chi connectivity index (χ0v) is 18.7. The SMILES string of the molecule is CCN(c1ccc2oc(-c3ccccc3)nc2c1)S(=O)(=O)c1ccc(C)c(C(=O)OC)c1. The maximum Gasteiger partial charge on any atom is 0.338 e. The molecule has 0 fully saturated rings. The van der Waals surface area contributed by atoms with Gasteiger partial charge in [0.15, 0.2) is 5.58 Å². The van der Waals surface area contributed by atoms with Crippen LogP contribution in [0.15, 0.2) is 76.0 Å². The molecule has 0 atom stereocenters. The number of fused-ring (bicyclic) bond motifs is 1. The van der Waals surface area contributed by atoms with E-state index in [2.05, 4.69) is 4.98 Å². The Morgan fingerprint density at radius 3 is 2.50 bits per heavy atom. The van der Waals surface area contributed by atoms with Gasteiger partial charge in [-0.05, 0) is 61.9 Å². The van der Waals surface area contributed by atoms with Crippen LogP contribution in [0, 0.1) is 6.92 Å². The molecule has 0 bridgehead atoms. The number of carbonyl (C=O) groups is 1. The van der Waals surface area contributed by atoms with Crippen molar-refractivity contribution >= 4 is 32.8 Å². The Morgan fingerprint density at radius 2 is 1.81 bits per heavy atom. The molecule has 7 nitrogen and oxygen atoms in total. The normalized spacial score (nSPS) is 11.5. The largest absolute Gasteiger partial charge is 0.465 e. The molecular weight excluding hydrogens is 428 g/mol. The fraction of sp³-hybridized carbons (Fsp3) is 0.167. The van der Waals surface area contributed by atoms with Crippen molar-refractivity contribution in [1.82, 2.24) is 4.98 Å². The fourth-order valence-electron chi connectivity index (χ4n) is 3.49. The van der Waals surface area contributed by atoms with Crippen molar-refractivity contribution in [3.63, 3.8) is 0 Å². The zero-order valence-electron chi connectivity index (χ0n) is 17.9. The second kappa shape index (κ2) is 8.47. The van der Waals surface area contributed by atoms with Gasteiger partial charge in [-0.25, -0.2) is 18.2 Å². The van der Waals surface area contributed by atoms with Crippen LogP contribution in [0.1, 0.15) is 22.8 Å². The molecule has 32 heavy (non-hydrogen) atoms. The van der Waals surface area contributed by atoms with Gasteiger partial charge in [0.1, 0.15) is 5.52 Å². The van der Waals surface area contributed by atoms with Crippen LogP contribution in [0.25, 0.3) is 22.6 Å². The minimum atomic E-state index is -3.93. The highest BCUT2D eigenvalue weighted by Gasteiger charge is 2.26. The predicted octanol–water partition coefficient (Wildman–Crippen LogP) is 4.81. The Labute approximate surface area is 186 Å². The second-order valence-corrected chi connectivity index (χ2v) is 9.04. The van der Waals surface area contributed by atoms with E-state index >= 15 is 0 Å². The van der Waals surface area contributed by atoms with Gasteiger partial charge in [0, 0.05) is 12.1 Å². The van der Waals surface area contributed by atoms with Gasteiger partial charge in [0.05, 0.1) is 23.3 Å². The number of methoxy groups -OCH3 is 1. The summed E-state index contributed by atoms with van der Waals surface area (Å²) >= 11 is 0. The van der Waals surface area contributed by atoms with Crippen LogP contribution in [-0.2, 0) is 14.8 Å². The zero-order chi connectivity index (χ0) is 22.9. The molecule has 1 aromatic heterocycles. The van der Waals surface area contributed by atoms with Crippen molar-refractivity contribution in [2.75, 3.05) is 18.0 Å². The van der Waals surface area contributed by atoms with Crippen LogP contribution >= 0.6 is 0 Å². The van der Waals surface area contributed by atoms with E-state index in [0.717, 1.165) is 5.56 Å². The molecule has 0 amide bonds. The third-order valence-electron chi connectivity index (χ3n) is 5.17. The van der Waals surface area contributed by atoms with Crippen LogP contribution in [0.5, 0.6) is 0 Å². The van der Waals surface area contributed by atoms with Gasteiger partial charge in [-0.2, -0.15) is 0 Å². The average molecular weight is 451 g/mol. The summed E-state index contributed by atoms with van der Waals surface area (Å²) in [6.07, 6.45) is 0. The summed E-state index contributed by atoms with van der Waals surface area (Å²) in [5.41, 5.74) is 3.24. The van der Waals surface area contributed by atoms with Gasteiger partial charge >= 0.3 is 5.97 Å². The van der Waals surface area contributed by atoms with Crippen molar-refractivity contribution in [1.29, 1.82) is 0 Å². The summed E-state index contributed by atoms with van der Waals surface area (Å²) in [5.74, 6) is -0.120. The molecule has 0 aliphatic rings. The van der Waals surface area contributed by atoms with Crippen molar-refractivity contribution in [2.24, 2.45) is 0 Å². The maximum atomic E-state index is 13.4. The topological polar surface area (TPSA) is 89.7 Å². The molecule has 0 radical (unpaired) electrons. The highest BCUT2D eigenvalue weighted by Crippen LogP contribution is 2.30. The van der Waals surface area contributed by atoms with Gasteiger partial charge in [0.2, 0.25) is 5.89 Å². The second-order valence-electron chi connectivity index (χ2n) is 7.18. The number of carbonyl (C=O) groups excluding carboxylic acids is 1. The Balaban J connectivity index is 1.75. The average Bonchev–Trinajstić information content (AvgIpc) is 3.23. The first-order valence-corrected chi connectivity index (χ1v) is 11.5. The number of esters is 1. The monoisotopic (exact) mass is 450 g/mol. The number of hydrogen-bond acceptors (Lipinski definition) is 6. The Hall–Kier alpha value is -3.65. The molecule has 0 saturated carbocycles. The molecule has 0 aliphatic heterocycles. The molecular formula is C24H22N2O5S. The minimum absolute atomic E-state index is 0.00979. The van der Waals surface area contributed by atoms with Crippen LogP contribution in [0.4, 0.5) is 5.69 Å². The van der Waals surface area contributed by atoms with Crippen LogP contribution in [0.3, 0.4) is 0 Å². The number of anilines is 1. The third-order valence-corrected chi connectivity index (χ3v) is 7.07. The summed E-state index contributed by atoms with van der Waals surface area (Å²) in [5, 5.41) is 0. The summed E-state index contributed by atoms with van der Waals surface area (Å²) in [6, 6.07) is 19.0. The molecule has 4 aromatic rings. The molecule has 8 heteroatoms. The van der Waals surface area contributed by atoms with E-state index in [1.165, 1.54) is 23.5 Å². The highest BCUT2D eigenvalue weighted by molar-refractivity contribution is 7.92. The number of nitrogens with zero attached hydrogens (tertiary/aromatic N) is 2. The lowest BCUT2D eigenvalue weighted by Gasteiger charge is -2.23. The molecule has 0 N–H and O–H groups in total. The Kier molecular flexibility index (Phi) is 5.71. The lowest BCUT2D eigenvalue weighted by atomic mass is 10.1.